The van der Waals surface area contributed by atoms with E-state index in [0.717, 1.165) is 18.6 Å². The second-order valence-electron chi connectivity index (χ2n) is 5.30. The van der Waals surface area contributed by atoms with Crippen LogP contribution in [0.2, 0.25) is 5.02 Å². The third-order valence-electron chi connectivity index (χ3n) is 3.14. The number of aliphatic hydroxyl groups excluding tert-OH is 1. The maximum atomic E-state index is 12.8. The number of hydrogen-bond acceptors (Lipinski definition) is 2. The Morgan fingerprint density at radius 1 is 1.24 bits per heavy atom. The maximum Gasteiger partial charge on any atom is 0.417 e. The summed E-state index contributed by atoms with van der Waals surface area (Å²) in [4.78, 5) is 0. The number of nitrogens with two attached hydrogens (primary N) is 1. The molecular formula is C14H20Cl2F3NO. The van der Waals surface area contributed by atoms with Gasteiger partial charge in [-0.3, -0.25) is 0 Å². The summed E-state index contributed by atoms with van der Waals surface area (Å²) >= 11 is 5.54. The molecule has 3 N–H and O–H groups in total. The fraction of sp³-hybridized carbons (Fsp3) is 0.571. The molecule has 0 aromatic heterocycles. The van der Waals surface area contributed by atoms with E-state index in [4.69, 9.17) is 17.3 Å². The van der Waals surface area contributed by atoms with Crippen molar-refractivity contribution in [1.29, 1.82) is 0 Å². The molecule has 0 unspecified atom stereocenters. The van der Waals surface area contributed by atoms with Gasteiger partial charge in [0, 0.05) is 0 Å². The van der Waals surface area contributed by atoms with E-state index in [1.807, 2.05) is 13.8 Å². The fourth-order valence-electron chi connectivity index (χ4n) is 1.87. The van der Waals surface area contributed by atoms with E-state index in [1.165, 1.54) is 6.07 Å². The maximum absolute atomic E-state index is 12.8. The van der Waals surface area contributed by atoms with Gasteiger partial charge in [0.2, 0.25) is 0 Å². The quantitative estimate of drug-likeness (QED) is 0.820. The third-order valence-corrected chi connectivity index (χ3v) is 3.46. The molecule has 0 heterocycles. The second kappa shape index (κ2) is 8.22. The lowest BCUT2D eigenvalue weighted by molar-refractivity contribution is -0.137. The van der Waals surface area contributed by atoms with E-state index in [9.17, 15) is 18.3 Å². The van der Waals surface area contributed by atoms with Gasteiger partial charge >= 0.3 is 6.18 Å². The molecule has 0 saturated heterocycles. The number of halogens is 5. The Balaban J connectivity index is 0.00000400. The van der Waals surface area contributed by atoms with Crippen LogP contribution in [0.5, 0.6) is 0 Å². The lowest BCUT2D eigenvalue weighted by atomic mass is 9.95. The molecule has 0 spiro atoms. The SMILES string of the molecule is CC(C)CC[C@H](O)[C@H](N)c1ccc(Cl)c(C(F)(F)F)c1.Cl. The van der Waals surface area contributed by atoms with Gasteiger partial charge in [-0.2, -0.15) is 13.2 Å². The lowest BCUT2D eigenvalue weighted by Gasteiger charge is -2.21. The van der Waals surface area contributed by atoms with Crippen LogP contribution >= 0.6 is 24.0 Å². The van der Waals surface area contributed by atoms with E-state index >= 15 is 0 Å². The predicted octanol–water partition coefficient (Wildman–Crippen LogP) is 4.58. The van der Waals surface area contributed by atoms with E-state index in [1.54, 1.807) is 0 Å². The molecule has 1 aromatic rings. The van der Waals surface area contributed by atoms with Crippen molar-refractivity contribution in [1.82, 2.24) is 0 Å². The monoisotopic (exact) mass is 345 g/mol. The van der Waals surface area contributed by atoms with E-state index < -0.39 is 23.9 Å². The van der Waals surface area contributed by atoms with E-state index in [0.29, 0.717) is 12.3 Å². The number of rotatable bonds is 5. The molecule has 0 amide bonds. The smallest absolute Gasteiger partial charge is 0.391 e. The first kappa shape index (κ1) is 20.5. The summed E-state index contributed by atoms with van der Waals surface area (Å²) in [5.74, 6) is 0.396. The summed E-state index contributed by atoms with van der Waals surface area (Å²) in [6.45, 7) is 4.00. The molecule has 21 heavy (non-hydrogen) atoms. The van der Waals surface area contributed by atoms with Crippen LogP contribution in [-0.2, 0) is 6.18 Å². The topological polar surface area (TPSA) is 46.2 Å². The van der Waals surface area contributed by atoms with Crippen molar-refractivity contribution in [3.8, 4) is 0 Å². The van der Waals surface area contributed by atoms with Crippen LogP contribution in [0.3, 0.4) is 0 Å². The van der Waals surface area contributed by atoms with Gasteiger partial charge in [0.25, 0.3) is 0 Å². The first-order valence-corrected chi connectivity index (χ1v) is 6.81. The van der Waals surface area contributed by atoms with Crippen LogP contribution in [0.4, 0.5) is 13.2 Å². The highest BCUT2D eigenvalue weighted by atomic mass is 35.5. The molecule has 0 bridgehead atoms. The van der Waals surface area contributed by atoms with Gasteiger partial charge in [0.1, 0.15) is 0 Å². The van der Waals surface area contributed by atoms with Gasteiger partial charge in [-0.05, 0) is 36.5 Å². The Morgan fingerprint density at radius 2 is 1.81 bits per heavy atom. The van der Waals surface area contributed by atoms with Crippen molar-refractivity contribution in [3.05, 3.63) is 34.3 Å². The van der Waals surface area contributed by atoms with Crippen LogP contribution in [0.1, 0.15) is 43.9 Å². The van der Waals surface area contributed by atoms with Gasteiger partial charge in [-0.1, -0.05) is 31.5 Å². The normalized spacial score (nSPS) is 14.7. The van der Waals surface area contributed by atoms with Crippen LogP contribution in [0, 0.1) is 5.92 Å². The van der Waals surface area contributed by atoms with Crippen LogP contribution in [-0.4, -0.2) is 11.2 Å². The largest absolute Gasteiger partial charge is 0.417 e. The first-order chi connectivity index (χ1) is 9.12. The molecule has 1 aromatic carbocycles. The summed E-state index contributed by atoms with van der Waals surface area (Å²) in [7, 11) is 0. The molecule has 0 aliphatic rings. The van der Waals surface area contributed by atoms with Crippen molar-refractivity contribution >= 4 is 24.0 Å². The highest BCUT2D eigenvalue weighted by Crippen LogP contribution is 2.36. The number of alkyl halides is 3. The molecule has 122 valence electrons. The van der Waals surface area contributed by atoms with E-state index in [2.05, 4.69) is 0 Å². The number of aliphatic hydroxyl groups is 1. The molecular weight excluding hydrogens is 326 g/mol. The molecule has 2 atom stereocenters. The Bertz CT molecular complexity index is 452. The second-order valence-corrected chi connectivity index (χ2v) is 5.71. The Labute approximate surface area is 133 Å². The minimum absolute atomic E-state index is 0. The molecule has 0 aliphatic heterocycles. The predicted molar refractivity (Wildman–Crippen MR) is 80.7 cm³/mol. The van der Waals surface area contributed by atoms with Gasteiger partial charge in [0.05, 0.1) is 22.7 Å². The van der Waals surface area contributed by atoms with Gasteiger partial charge < -0.3 is 10.8 Å². The standard InChI is InChI=1S/C14H19ClF3NO.ClH/c1-8(2)3-6-12(20)13(19)9-4-5-11(15)10(7-9)14(16,17)18;/h4-5,7-8,12-13,20H,3,6,19H2,1-2H3;1H/t12-,13+;/m0./s1. The zero-order valence-corrected chi connectivity index (χ0v) is 13.4. The first-order valence-electron chi connectivity index (χ1n) is 6.43. The minimum Gasteiger partial charge on any atom is -0.391 e. The van der Waals surface area contributed by atoms with Gasteiger partial charge in [-0.25, -0.2) is 0 Å². The van der Waals surface area contributed by atoms with Crippen molar-refractivity contribution in [2.45, 2.75) is 45.0 Å². The van der Waals surface area contributed by atoms with Gasteiger partial charge in [-0.15, -0.1) is 12.4 Å². The molecule has 7 heteroatoms. The van der Waals surface area contributed by atoms with Crippen molar-refractivity contribution in [2.24, 2.45) is 11.7 Å². The Kier molecular flexibility index (Phi) is 8.03. The highest BCUT2D eigenvalue weighted by Gasteiger charge is 2.34. The van der Waals surface area contributed by atoms with Crippen LogP contribution in [0.15, 0.2) is 18.2 Å². The molecule has 0 saturated carbocycles. The summed E-state index contributed by atoms with van der Waals surface area (Å²) < 4.78 is 38.3. The summed E-state index contributed by atoms with van der Waals surface area (Å²) in [5.41, 5.74) is 5.13. The molecule has 0 fully saturated rings. The zero-order valence-electron chi connectivity index (χ0n) is 11.8. The lowest BCUT2D eigenvalue weighted by Crippen LogP contribution is -2.27. The van der Waals surface area contributed by atoms with Crippen LogP contribution in [0.25, 0.3) is 0 Å². The van der Waals surface area contributed by atoms with Crippen LogP contribution < -0.4 is 5.73 Å². The average Bonchev–Trinajstić information content (AvgIpc) is 2.34. The number of benzene rings is 1. The average molecular weight is 346 g/mol. The van der Waals surface area contributed by atoms with E-state index in [-0.39, 0.29) is 23.0 Å². The fourth-order valence-corrected chi connectivity index (χ4v) is 2.10. The third kappa shape index (κ3) is 6.02. The van der Waals surface area contributed by atoms with Crippen molar-refractivity contribution in [3.63, 3.8) is 0 Å². The molecule has 2 nitrogen and oxygen atoms in total. The zero-order chi connectivity index (χ0) is 15.5. The molecule has 0 radical (unpaired) electrons. The summed E-state index contributed by atoms with van der Waals surface area (Å²) in [5, 5.41) is 9.57. The van der Waals surface area contributed by atoms with Gasteiger partial charge in [0.15, 0.2) is 0 Å². The molecule has 0 aliphatic carbocycles. The minimum atomic E-state index is -4.53. The Hall–Kier alpha value is -0.490. The summed E-state index contributed by atoms with van der Waals surface area (Å²) in [6, 6.07) is 2.63. The van der Waals surface area contributed by atoms with Crippen molar-refractivity contribution < 1.29 is 18.3 Å². The highest BCUT2D eigenvalue weighted by molar-refractivity contribution is 6.31. The number of hydrogen-bond donors (Lipinski definition) is 2. The van der Waals surface area contributed by atoms with Crippen molar-refractivity contribution in [2.75, 3.05) is 0 Å². The Morgan fingerprint density at radius 3 is 2.29 bits per heavy atom. The summed E-state index contributed by atoms with van der Waals surface area (Å²) in [6.07, 6.45) is -4.20. The molecule has 1 rings (SSSR count).